The molecule has 0 unspecified atom stereocenters. The maximum atomic E-state index is 13.8. The number of rotatable bonds is 7. The molecule has 34 heavy (non-hydrogen) atoms. The largest absolute Gasteiger partial charge is 0.496 e. The molecular weight excluding hydrogens is 470 g/mol. The van der Waals surface area contributed by atoms with Crippen LogP contribution in [0.15, 0.2) is 40.5 Å². The smallest absolute Gasteiger partial charge is 0.262 e. The lowest BCUT2D eigenvalue weighted by Crippen LogP contribution is -2.32. The van der Waals surface area contributed by atoms with E-state index in [0.29, 0.717) is 34.8 Å². The third kappa shape index (κ3) is 4.21. The van der Waals surface area contributed by atoms with Crippen molar-refractivity contribution in [3.8, 4) is 11.5 Å². The van der Waals surface area contributed by atoms with Gasteiger partial charge in [0.1, 0.15) is 27.7 Å². The molecule has 1 amide bonds. The van der Waals surface area contributed by atoms with E-state index in [1.54, 1.807) is 45.8 Å². The van der Waals surface area contributed by atoms with E-state index in [-0.39, 0.29) is 18.0 Å². The zero-order valence-electron chi connectivity index (χ0n) is 19.1. The van der Waals surface area contributed by atoms with Crippen molar-refractivity contribution >= 4 is 38.8 Å². The van der Waals surface area contributed by atoms with Crippen molar-refractivity contribution in [3.63, 3.8) is 0 Å². The second kappa shape index (κ2) is 9.60. The number of nitrogens with zero attached hydrogens (tertiary/aromatic N) is 2. The van der Waals surface area contributed by atoms with E-state index in [9.17, 15) is 9.59 Å². The number of carbonyl (C=O) groups is 1. The number of aryl methyl sites for hydroxylation is 2. The number of nitrogens with one attached hydrogen (secondary N) is 1. The van der Waals surface area contributed by atoms with Crippen LogP contribution in [-0.2, 0) is 25.9 Å². The summed E-state index contributed by atoms with van der Waals surface area (Å²) < 4.78 is 10.9. The van der Waals surface area contributed by atoms with Gasteiger partial charge >= 0.3 is 0 Å². The van der Waals surface area contributed by atoms with Gasteiger partial charge < -0.3 is 19.4 Å². The molecule has 1 aliphatic rings. The summed E-state index contributed by atoms with van der Waals surface area (Å²) in [6.07, 6.45) is 4.18. The predicted molar refractivity (Wildman–Crippen MR) is 134 cm³/mol. The number of hydrogen-bond acceptors (Lipinski definition) is 7. The third-order valence-electron chi connectivity index (χ3n) is 6.07. The molecule has 0 spiro atoms. The summed E-state index contributed by atoms with van der Waals surface area (Å²) in [4.78, 5) is 39.3. The van der Waals surface area contributed by atoms with Crippen LogP contribution < -0.4 is 15.0 Å². The number of fused-ring (bicyclic) bond motifs is 3. The number of carbonyl (C=O) groups excluding carboxylic acids is 1. The van der Waals surface area contributed by atoms with E-state index in [1.165, 1.54) is 19.1 Å². The number of aromatic amines is 1. The summed E-state index contributed by atoms with van der Waals surface area (Å²) in [7, 11) is 3.06. The highest BCUT2D eigenvalue weighted by Gasteiger charge is 2.26. The van der Waals surface area contributed by atoms with Crippen molar-refractivity contribution in [2.45, 2.75) is 38.8 Å². The second-order valence-corrected chi connectivity index (χ2v) is 10.3. The maximum absolute atomic E-state index is 13.8. The fourth-order valence-electron chi connectivity index (χ4n) is 4.47. The first-order valence-corrected chi connectivity index (χ1v) is 12.8. The highest BCUT2D eigenvalue weighted by atomic mass is 32.1. The predicted octanol–water partition coefficient (Wildman–Crippen LogP) is 4.78. The molecule has 0 saturated heterocycles. The van der Waals surface area contributed by atoms with Crippen molar-refractivity contribution in [1.29, 1.82) is 0 Å². The molecule has 0 saturated carbocycles. The molecule has 0 radical (unpaired) electrons. The quantitative estimate of drug-likeness (QED) is 0.399. The minimum absolute atomic E-state index is 0.127. The summed E-state index contributed by atoms with van der Waals surface area (Å²) >= 11 is 3.18. The van der Waals surface area contributed by atoms with Crippen LogP contribution in [-0.4, -0.2) is 35.0 Å². The van der Waals surface area contributed by atoms with Gasteiger partial charge in [0.25, 0.3) is 11.5 Å². The monoisotopic (exact) mass is 495 g/mol. The summed E-state index contributed by atoms with van der Waals surface area (Å²) in [6.45, 7) is 0.534. The second-order valence-electron chi connectivity index (χ2n) is 8.18. The van der Waals surface area contributed by atoms with E-state index in [1.807, 2.05) is 17.5 Å². The number of methoxy groups -OCH3 is 2. The minimum atomic E-state index is -0.254. The number of thiophene rings is 2. The van der Waals surface area contributed by atoms with Crippen molar-refractivity contribution in [1.82, 2.24) is 14.9 Å². The average molecular weight is 496 g/mol. The highest BCUT2D eigenvalue weighted by molar-refractivity contribution is 7.18. The van der Waals surface area contributed by atoms with Gasteiger partial charge in [-0.1, -0.05) is 12.1 Å². The van der Waals surface area contributed by atoms with Crippen LogP contribution in [0.4, 0.5) is 0 Å². The Hall–Kier alpha value is -3.17. The molecule has 1 aromatic carbocycles. The number of ether oxygens (including phenoxy) is 2. The molecule has 1 aliphatic carbocycles. The Labute approximate surface area is 205 Å². The molecule has 0 aliphatic heterocycles. The van der Waals surface area contributed by atoms with Gasteiger partial charge in [-0.2, -0.15) is 0 Å². The van der Waals surface area contributed by atoms with Gasteiger partial charge in [0.2, 0.25) is 0 Å². The summed E-state index contributed by atoms with van der Waals surface area (Å²) in [5.74, 6) is 1.08. The molecule has 0 fully saturated rings. The van der Waals surface area contributed by atoms with E-state index < -0.39 is 0 Å². The Morgan fingerprint density at radius 2 is 1.85 bits per heavy atom. The summed E-state index contributed by atoms with van der Waals surface area (Å²) in [6, 6.07) is 9.19. The first-order valence-electron chi connectivity index (χ1n) is 11.1. The van der Waals surface area contributed by atoms with E-state index in [0.717, 1.165) is 41.0 Å². The van der Waals surface area contributed by atoms with Gasteiger partial charge in [0.05, 0.1) is 32.7 Å². The van der Waals surface area contributed by atoms with Crippen molar-refractivity contribution < 1.29 is 14.3 Å². The Balaban J connectivity index is 1.54. The number of H-pyrrole nitrogens is 1. The van der Waals surface area contributed by atoms with E-state index in [2.05, 4.69) is 4.98 Å². The van der Waals surface area contributed by atoms with Gasteiger partial charge in [0, 0.05) is 9.75 Å². The molecule has 4 aromatic rings. The Bertz CT molecular complexity index is 1370. The molecular formula is C25H25N3O4S2. The van der Waals surface area contributed by atoms with Crippen LogP contribution >= 0.6 is 22.7 Å². The fourth-order valence-corrected chi connectivity index (χ4v) is 6.47. The first kappa shape index (κ1) is 22.6. The number of hydrogen-bond donors (Lipinski definition) is 1. The van der Waals surface area contributed by atoms with Crippen molar-refractivity contribution in [2.24, 2.45) is 0 Å². The molecule has 1 N–H and O–H groups in total. The lowest BCUT2D eigenvalue weighted by atomic mass is 9.97. The summed E-state index contributed by atoms with van der Waals surface area (Å²) in [5.41, 5.74) is 1.37. The molecule has 7 nitrogen and oxygen atoms in total. The van der Waals surface area contributed by atoms with Crippen LogP contribution in [0.1, 0.15) is 44.3 Å². The average Bonchev–Trinajstić information content (AvgIpc) is 3.50. The van der Waals surface area contributed by atoms with Gasteiger partial charge in [0.15, 0.2) is 0 Å². The minimum Gasteiger partial charge on any atom is -0.496 e. The Morgan fingerprint density at radius 3 is 2.56 bits per heavy atom. The molecule has 5 rings (SSSR count). The molecule has 3 aromatic heterocycles. The molecule has 0 atom stereocenters. The highest BCUT2D eigenvalue weighted by Crippen LogP contribution is 2.34. The number of aromatic nitrogens is 2. The van der Waals surface area contributed by atoms with Crippen molar-refractivity contribution in [2.75, 3.05) is 14.2 Å². The van der Waals surface area contributed by atoms with E-state index >= 15 is 0 Å². The van der Waals surface area contributed by atoms with Crippen LogP contribution in [0.25, 0.3) is 10.2 Å². The molecule has 9 heteroatoms. The first-order chi connectivity index (χ1) is 16.6. The van der Waals surface area contributed by atoms with Crippen LogP contribution in [0, 0.1) is 0 Å². The van der Waals surface area contributed by atoms with Crippen LogP contribution in [0.2, 0.25) is 0 Å². The molecule has 0 bridgehead atoms. The van der Waals surface area contributed by atoms with Crippen molar-refractivity contribution in [3.05, 3.63) is 72.8 Å². The zero-order chi connectivity index (χ0) is 23.7. The van der Waals surface area contributed by atoms with Gasteiger partial charge in [-0.05, 0) is 54.8 Å². The maximum Gasteiger partial charge on any atom is 0.262 e. The van der Waals surface area contributed by atoms with Crippen LogP contribution in [0.5, 0.6) is 11.5 Å². The third-order valence-corrected chi connectivity index (χ3v) is 8.12. The van der Waals surface area contributed by atoms with E-state index in [4.69, 9.17) is 14.5 Å². The zero-order valence-corrected chi connectivity index (χ0v) is 20.7. The summed E-state index contributed by atoms with van der Waals surface area (Å²) in [5, 5.41) is 2.69. The Kier molecular flexibility index (Phi) is 6.38. The normalized spacial score (nSPS) is 13.0. The fraction of sp³-hybridized carbons (Fsp3) is 0.320. The van der Waals surface area contributed by atoms with Gasteiger partial charge in [-0.3, -0.25) is 9.59 Å². The number of amides is 1. The lowest BCUT2D eigenvalue weighted by molar-refractivity contribution is 0.0720. The van der Waals surface area contributed by atoms with Gasteiger partial charge in [-0.25, -0.2) is 4.98 Å². The molecule has 176 valence electrons. The molecule has 3 heterocycles. The standard InChI is InChI=1S/C25H25N3O4S2/c1-31-17-9-5-10-18(32-2)22(17)25(30)28(13-15-7-6-12-33-15)14-20-26-23(29)21-16-8-3-4-11-19(16)34-24(21)27-20/h5-7,9-10,12H,3-4,8,11,13-14H2,1-2H3,(H,26,27,29). The van der Waals surface area contributed by atoms with Gasteiger partial charge in [-0.15, -0.1) is 22.7 Å². The van der Waals surface area contributed by atoms with Crippen LogP contribution in [0.3, 0.4) is 0 Å². The topological polar surface area (TPSA) is 84.5 Å². The lowest BCUT2D eigenvalue weighted by Gasteiger charge is -2.23. The Morgan fingerprint density at radius 1 is 1.09 bits per heavy atom. The SMILES string of the molecule is COc1cccc(OC)c1C(=O)N(Cc1nc2sc3c(c2c(=O)[nH]1)CCCC3)Cc1cccs1. The number of benzene rings is 1.